The quantitative estimate of drug-likeness (QED) is 0.779. The largest absolute Gasteiger partial charge is 0.492 e. The molecule has 0 bridgehead atoms. The van der Waals surface area contributed by atoms with Gasteiger partial charge in [0.05, 0.1) is 18.7 Å². The number of benzene rings is 2. The number of para-hydroxylation sites is 2. The van der Waals surface area contributed by atoms with Crippen molar-refractivity contribution in [2.75, 3.05) is 18.5 Å². The lowest BCUT2D eigenvalue weighted by molar-refractivity contribution is -0.146. The zero-order chi connectivity index (χ0) is 17.4. The Labute approximate surface area is 145 Å². The fraction of sp³-hybridized carbons (Fsp3) is 0.222. The summed E-state index contributed by atoms with van der Waals surface area (Å²) in [7, 11) is 0. The number of nitrogens with one attached hydrogen (secondary N) is 1. The first-order chi connectivity index (χ1) is 11.6. The highest BCUT2D eigenvalue weighted by atomic mass is 35.5. The van der Waals surface area contributed by atoms with Crippen LogP contribution in [0.1, 0.15) is 12.5 Å². The minimum absolute atomic E-state index is 0.0833. The van der Waals surface area contributed by atoms with E-state index in [9.17, 15) is 9.59 Å². The van der Waals surface area contributed by atoms with E-state index in [2.05, 4.69) is 5.32 Å². The summed E-state index contributed by atoms with van der Waals surface area (Å²) in [5.74, 6) is -0.335. The first-order valence-electron chi connectivity index (χ1n) is 7.50. The molecule has 0 aliphatic heterocycles. The third-order valence-corrected chi connectivity index (χ3v) is 3.34. The maximum atomic E-state index is 11.9. The Balaban J connectivity index is 1.82. The Morgan fingerprint density at radius 2 is 1.79 bits per heavy atom. The number of hydrogen-bond donors (Lipinski definition) is 1. The predicted octanol–water partition coefficient (Wildman–Crippen LogP) is 3.46. The Bertz CT molecular complexity index is 700. The van der Waals surface area contributed by atoms with E-state index < -0.39 is 11.9 Å². The Morgan fingerprint density at radius 1 is 1.08 bits per heavy atom. The molecule has 0 saturated carbocycles. The van der Waals surface area contributed by atoms with Crippen molar-refractivity contribution < 1.29 is 19.1 Å². The standard InChI is InChI=1S/C18H18ClNO4/c1-2-23-16-6-4-3-5-15(16)20-17(21)12-24-18(22)11-13-7-9-14(19)10-8-13/h3-10H,2,11-12H2,1H3,(H,20,21). The van der Waals surface area contributed by atoms with Crippen LogP contribution in [0.4, 0.5) is 5.69 Å². The van der Waals surface area contributed by atoms with Crippen molar-refractivity contribution in [1.82, 2.24) is 0 Å². The third-order valence-electron chi connectivity index (χ3n) is 3.09. The van der Waals surface area contributed by atoms with E-state index in [1.807, 2.05) is 13.0 Å². The van der Waals surface area contributed by atoms with Crippen LogP contribution in [0.25, 0.3) is 0 Å². The van der Waals surface area contributed by atoms with Gasteiger partial charge in [-0.15, -0.1) is 0 Å². The highest BCUT2D eigenvalue weighted by molar-refractivity contribution is 6.30. The molecule has 2 aromatic rings. The second-order valence-corrected chi connectivity index (χ2v) is 5.38. The van der Waals surface area contributed by atoms with Gasteiger partial charge < -0.3 is 14.8 Å². The van der Waals surface area contributed by atoms with Gasteiger partial charge in [-0.3, -0.25) is 9.59 Å². The molecular formula is C18H18ClNO4. The van der Waals surface area contributed by atoms with E-state index in [0.717, 1.165) is 5.56 Å². The lowest BCUT2D eigenvalue weighted by Crippen LogP contribution is -2.22. The van der Waals surface area contributed by atoms with Gasteiger partial charge in [0.2, 0.25) is 0 Å². The molecule has 5 nitrogen and oxygen atoms in total. The molecule has 0 radical (unpaired) electrons. The van der Waals surface area contributed by atoms with Gasteiger partial charge in [-0.1, -0.05) is 35.9 Å². The number of ether oxygens (including phenoxy) is 2. The molecule has 6 heteroatoms. The molecule has 1 N–H and O–H groups in total. The second-order valence-electron chi connectivity index (χ2n) is 4.94. The molecule has 0 fully saturated rings. The molecule has 0 aromatic heterocycles. The number of amides is 1. The zero-order valence-electron chi connectivity index (χ0n) is 13.3. The Hall–Kier alpha value is -2.53. The van der Waals surface area contributed by atoms with Crippen molar-refractivity contribution in [2.45, 2.75) is 13.3 Å². The molecule has 2 aromatic carbocycles. The summed E-state index contributed by atoms with van der Waals surface area (Å²) in [6.45, 7) is 1.99. The minimum Gasteiger partial charge on any atom is -0.492 e. The highest BCUT2D eigenvalue weighted by Gasteiger charge is 2.11. The van der Waals surface area contributed by atoms with Crippen LogP contribution in [0.15, 0.2) is 48.5 Å². The van der Waals surface area contributed by atoms with Gasteiger partial charge in [-0.25, -0.2) is 0 Å². The van der Waals surface area contributed by atoms with E-state index in [1.54, 1.807) is 42.5 Å². The number of carbonyl (C=O) groups excluding carboxylic acids is 2. The summed E-state index contributed by atoms with van der Waals surface area (Å²) in [4.78, 5) is 23.7. The van der Waals surface area contributed by atoms with Crippen LogP contribution in [0.2, 0.25) is 5.02 Å². The number of esters is 1. The molecule has 0 unspecified atom stereocenters. The van der Waals surface area contributed by atoms with Crippen molar-refractivity contribution in [2.24, 2.45) is 0 Å². The maximum Gasteiger partial charge on any atom is 0.310 e. The van der Waals surface area contributed by atoms with E-state index in [1.165, 1.54) is 0 Å². The molecule has 0 aliphatic rings. The molecule has 1 amide bonds. The maximum absolute atomic E-state index is 11.9. The molecule has 0 spiro atoms. The summed E-state index contributed by atoms with van der Waals surface area (Å²) in [6.07, 6.45) is 0.0833. The van der Waals surface area contributed by atoms with E-state index in [0.29, 0.717) is 23.1 Å². The second kappa shape index (κ2) is 8.93. The van der Waals surface area contributed by atoms with Gasteiger partial charge in [0.15, 0.2) is 6.61 Å². The first kappa shape index (κ1) is 17.8. The lowest BCUT2D eigenvalue weighted by Gasteiger charge is -2.11. The molecular weight excluding hydrogens is 330 g/mol. The van der Waals surface area contributed by atoms with Crippen molar-refractivity contribution in [1.29, 1.82) is 0 Å². The van der Waals surface area contributed by atoms with E-state index >= 15 is 0 Å². The average molecular weight is 348 g/mol. The fourth-order valence-electron chi connectivity index (χ4n) is 2.00. The molecule has 126 valence electrons. The average Bonchev–Trinajstić information content (AvgIpc) is 2.57. The molecule has 0 atom stereocenters. The highest BCUT2D eigenvalue weighted by Crippen LogP contribution is 2.23. The Morgan fingerprint density at radius 3 is 2.50 bits per heavy atom. The van der Waals surface area contributed by atoms with Crippen LogP contribution in [-0.4, -0.2) is 25.1 Å². The fourth-order valence-corrected chi connectivity index (χ4v) is 2.13. The van der Waals surface area contributed by atoms with E-state index in [-0.39, 0.29) is 13.0 Å². The van der Waals surface area contributed by atoms with Crippen molar-refractivity contribution in [3.8, 4) is 5.75 Å². The number of hydrogen-bond acceptors (Lipinski definition) is 4. The number of anilines is 1. The van der Waals surface area contributed by atoms with Crippen molar-refractivity contribution >= 4 is 29.2 Å². The zero-order valence-corrected chi connectivity index (χ0v) is 14.0. The molecule has 24 heavy (non-hydrogen) atoms. The summed E-state index contributed by atoms with van der Waals surface area (Å²) in [5.41, 5.74) is 1.31. The van der Waals surface area contributed by atoms with Crippen LogP contribution in [-0.2, 0) is 20.7 Å². The molecule has 0 aliphatic carbocycles. The number of rotatable bonds is 7. The Kier molecular flexibility index (Phi) is 6.63. The smallest absolute Gasteiger partial charge is 0.310 e. The van der Waals surface area contributed by atoms with Crippen LogP contribution in [0, 0.1) is 0 Å². The SMILES string of the molecule is CCOc1ccccc1NC(=O)COC(=O)Cc1ccc(Cl)cc1. The van der Waals surface area contributed by atoms with Gasteiger partial charge in [0.25, 0.3) is 5.91 Å². The van der Waals surface area contributed by atoms with Crippen LogP contribution >= 0.6 is 11.6 Å². The predicted molar refractivity (Wildman–Crippen MR) is 92.4 cm³/mol. The summed E-state index contributed by atoms with van der Waals surface area (Å²) < 4.78 is 10.4. The molecule has 2 rings (SSSR count). The summed E-state index contributed by atoms with van der Waals surface area (Å²) in [5, 5.41) is 3.26. The summed E-state index contributed by atoms with van der Waals surface area (Å²) >= 11 is 5.78. The van der Waals surface area contributed by atoms with Crippen LogP contribution in [0.3, 0.4) is 0 Å². The summed E-state index contributed by atoms with van der Waals surface area (Å²) in [6, 6.07) is 13.9. The van der Waals surface area contributed by atoms with Gasteiger partial charge >= 0.3 is 5.97 Å². The van der Waals surface area contributed by atoms with Gasteiger partial charge in [-0.05, 0) is 36.8 Å². The molecule has 0 heterocycles. The first-order valence-corrected chi connectivity index (χ1v) is 7.88. The van der Waals surface area contributed by atoms with Gasteiger partial charge in [0, 0.05) is 5.02 Å². The third kappa shape index (κ3) is 5.59. The monoisotopic (exact) mass is 347 g/mol. The van der Waals surface area contributed by atoms with Gasteiger partial charge in [-0.2, -0.15) is 0 Å². The van der Waals surface area contributed by atoms with Crippen molar-refractivity contribution in [3.05, 3.63) is 59.1 Å². The van der Waals surface area contributed by atoms with Crippen molar-refractivity contribution in [3.63, 3.8) is 0 Å². The van der Waals surface area contributed by atoms with Gasteiger partial charge in [0.1, 0.15) is 5.75 Å². The lowest BCUT2D eigenvalue weighted by atomic mass is 10.1. The van der Waals surface area contributed by atoms with E-state index in [4.69, 9.17) is 21.1 Å². The van der Waals surface area contributed by atoms with Crippen LogP contribution in [0.5, 0.6) is 5.75 Å². The normalized spacial score (nSPS) is 10.1. The minimum atomic E-state index is -0.481. The number of halogens is 1. The van der Waals surface area contributed by atoms with Crippen LogP contribution < -0.4 is 10.1 Å². The topological polar surface area (TPSA) is 64.6 Å². The molecule has 0 saturated heterocycles. The number of carbonyl (C=O) groups is 2.